The molecule has 7 rings (SSSR count). The van der Waals surface area contributed by atoms with Gasteiger partial charge in [0.25, 0.3) is 0 Å². The zero-order valence-electron chi connectivity index (χ0n) is 22.1. The standard InChI is InChI=1S/C30H31F2N5O3/c31-20-12-30(7-3-8-37(30)15-20)17-40-29-34-27-24(28(35-29)36-9-6-18(14-36)16-38)13-33-26(25(27)32)23-11-21(39)10-19-4-1-2-5-22(19)23/h1-2,4-5,10-11,13,18,20,38-39H,3,6-9,12,14-17H2/t18?,20-,30+/m1/s1. The first kappa shape index (κ1) is 25.3. The van der Waals surface area contributed by atoms with Gasteiger partial charge in [-0.1, -0.05) is 24.3 Å². The lowest BCUT2D eigenvalue weighted by atomic mass is 9.95. The molecular weight excluding hydrogens is 516 g/mol. The molecule has 3 aliphatic rings. The van der Waals surface area contributed by atoms with Crippen LogP contribution in [0.5, 0.6) is 11.8 Å². The normalized spacial score (nSPS) is 24.8. The number of aliphatic hydroxyl groups is 1. The summed E-state index contributed by atoms with van der Waals surface area (Å²) in [5, 5.41) is 22.1. The molecule has 208 valence electrons. The number of hydrogen-bond donors (Lipinski definition) is 2. The van der Waals surface area contributed by atoms with Crippen molar-refractivity contribution in [1.29, 1.82) is 0 Å². The zero-order chi connectivity index (χ0) is 27.4. The van der Waals surface area contributed by atoms with Crippen molar-refractivity contribution in [2.75, 3.05) is 44.3 Å². The molecule has 2 N–H and O–H groups in total. The van der Waals surface area contributed by atoms with E-state index in [0.29, 0.717) is 42.8 Å². The number of rotatable bonds is 6. The molecule has 1 unspecified atom stereocenters. The number of aromatic hydroxyl groups is 1. The van der Waals surface area contributed by atoms with E-state index in [1.165, 1.54) is 6.07 Å². The van der Waals surface area contributed by atoms with Crippen molar-refractivity contribution in [2.24, 2.45) is 5.92 Å². The predicted octanol–water partition coefficient (Wildman–Crippen LogP) is 4.46. The van der Waals surface area contributed by atoms with Crippen LogP contribution in [0.4, 0.5) is 14.6 Å². The van der Waals surface area contributed by atoms with E-state index in [1.807, 2.05) is 29.2 Å². The third-order valence-corrected chi connectivity index (χ3v) is 8.82. The Balaban J connectivity index is 1.34. The molecule has 3 saturated heterocycles. The van der Waals surface area contributed by atoms with Crippen LogP contribution < -0.4 is 9.64 Å². The highest BCUT2D eigenvalue weighted by atomic mass is 19.1. The zero-order valence-corrected chi connectivity index (χ0v) is 22.1. The lowest BCUT2D eigenvalue weighted by Crippen LogP contribution is -2.43. The summed E-state index contributed by atoms with van der Waals surface area (Å²) in [5.41, 5.74) is 0.206. The summed E-state index contributed by atoms with van der Waals surface area (Å²) < 4.78 is 36.9. The van der Waals surface area contributed by atoms with Gasteiger partial charge in [-0.3, -0.25) is 9.88 Å². The van der Waals surface area contributed by atoms with Crippen LogP contribution in [0.15, 0.2) is 42.6 Å². The van der Waals surface area contributed by atoms with Gasteiger partial charge in [-0.05, 0) is 48.7 Å². The van der Waals surface area contributed by atoms with E-state index in [2.05, 4.69) is 14.9 Å². The van der Waals surface area contributed by atoms with Gasteiger partial charge in [-0.25, -0.2) is 8.78 Å². The molecule has 0 amide bonds. The Morgan fingerprint density at radius 1 is 1.10 bits per heavy atom. The maximum absolute atomic E-state index is 16.4. The second-order valence-electron chi connectivity index (χ2n) is 11.4. The molecule has 4 aromatic rings. The predicted molar refractivity (Wildman–Crippen MR) is 148 cm³/mol. The van der Waals surface area contributed by atoms with Crippen LogP contribution in [-0.2, 0) is 0 Å². The molecular formula is C30H31F2N5O3. The van der Waals surface area contributed by atoms with Crippen LogP contribution in [-0.4, -0.2) is 81.2 Å². The van der Waals surface area contributed by atoms with E-state index in [4.69, 9.17) is 9.72 Å². The van der Waals surface area contributed by atoms with Crippen molar-refractivity contribution in [2.45, 2.75) is 37.4 Å². The van der Waals surface area contributed by atoms with Crippen LogP contribution in [0, 0.1) is 11.7 Å². The summed E-state index contributed by atoms with van der Waals surface area (Å²) in [6, 6.07) is 10.6. The van der Waals surface area contributed by atoms with Gasteiger partial charge in [0, 0.05) is 50.3 Å². The number of fused-ring (bicyclic) bond motifs is 3. The molecule has 5 heterocycles. The maximum Gasteiger partial charge on any atom is 0.319 e. The van der Waals surface area contributed by atoms with Crippen molar-refractivity contribution in [3.8, 4) is 23.0 Å². The molecule has 10 heteroatoms. The fourth-order valence-corrected chi connectivity index (χ4v) is 6.83. The Kier molecular flexibility index (Phi) is 6.20. The van der Waals surface area contributed by atoms with E-state index in [0.717, 1.165) is 36.6 Å². The Morgan fingerprint density at radius 2 is 1.98 bits per heavy atom. The summed E-state index contributed by atoms with van der Waals surface area (Å²) in [6.45, 7) is 2.76. The van der Waals surface area contributed by atoms with E-state index >= 15 is 4.39 Å². The second-order valence-corrected chi connectivity index (χ2v) is 11.4. The summed E-state index contributed by atoms with van der Waals surface area (Å²) in [6.07, 6.45) is 3.70. The highest BCUT2D eigenvalue weighted by molar-refractivity contribution is 5.99. The Bertz CT molecular complexity index is 1600. The van der Waals surface area contributed by atoms with Crippen LogP contribution in [0.25, 0.3) is 32.9 Å². The number of aromatic nitrogens is 3. The Hall–Kier alpha value is -3.63. The monoisotopic (exact) mass is 547 g/mol. The van der Waals surface area contributed by atoms with E-state index in [1.54, 1.807) is 12.3 Å². The van der Waals surface area contributed by atoms with Crippen molar-refractivity contribution in [3.05, 3.63) is 48.4 Å². The number of phenolic OH excluding ortho intramolecular Hbond substituents is 1. The van der Waals surface area contributed by atoms with Gasteiger partial charge in [-0.2, -0.15) is 9.97 Å². The van der Waals surface area contributed by atoms with Crippen molar-refractivity contribution in [1.82, 2.24) is 19.9 Å². The first-order valence-corrected chi connectivity index (χ1v) is 13.9. The summed E-state index contributed by atoms with van der Waals surface area (Å²) >= 11 is 0. The third-order valence-electron chi connectivity index (χ3n) is 8.82. The summed E-state index contributed by atoms with van der Waals surface area (Å²) in [7, 11) is 0. The number of anilines is 1. The van der Waals surface area contributed by atoms with Crippen molar-refractivity contribution < 1.29 is 23.7 Å². The Labute approximate surface area is 230 Å². The van der Waals surface area contributed by atoms with E-state index in [-0.39, 0.29) is 42.1 Å². The van der Waals surface area contributed by atoms with Crippen LogP contribution in [0.3, 0.4) is 0 Å². The fraction of sp³-hybridized carbons (Fsp3) is 0.433. The largest absolute Gasteiger partial charge is 0.508 e. The fourth-order valence-electron chi connectivity index (χ4n) is 6.83. The quantitative estimate of drug-likeness (QED) is 0.365. The number of nitrogens with zero attached hydrogens (tertiary/aromatic N) is 5. The SMILES string of the molecule is OCC1CCN(c2nc(OC[C@@]34CCCN3C[C@H](F)C4)nc3c(F)c(-c4cc(O)cc5ccccc45)ncc23)C1. The topological polar surface area (TPSA) is 94.8 Å². The lowest BCUT2D eigenvalue weighted by Gasteiger charge is -2.31. The molecule has 3 fully saturated rings. The highest BCUT2D eigenvalue weighted by Crippen LogP contribution is 2.41. The first-order valence-electron chi connectivity index (χ1n) is 13.9. The molecule has 0 radical (unpaired) electrons. The average molecular weight is 548 g/mol. The number of aliphatic hydroxyl groups excluding tert-OH is 1. The molecule has 8 nitrogen and oxygen atoms in total. The van der Waals surface area contributed by atoms with Gasteiger partial charge < -0.3 is 19.8 Å². The number of halogens is 2. The van der Waals surface area contributed by atoms with Crippen LogP contribution >= 0.6 is 0 Å². The van der Waals surface area contributed by atoms with Gasteiger partial charge in [0.15, 0.2) is 5.82 Å². The smallest absolute Gasteiger partial charge is 0.319 e. The number of hydrogen-bond acceptors (Lipinski definition) is 8. The molecule has 3 atom stereocenters. The van der Waals surface area contributed by atoms with Gasteiger partial charge in [-0.15, -0.1) is 0 Å². The van der Waals surface area contributed by atoms with Crippen LogP contribution in [0.1, 0.15) is 25.7 Å². The first-order chi connectivity index (χ1) is 19.4. The van der Waals surface area contributed by atoms with Crippen molar-refractivity contribution in [3.63, 3.8) is 0 Å². The van der Waals surface area contributed by atoms with Gasteiger partial charge >= 0.3 is 6.01 Å². The number of phenols is 1. The molecule has 0 bridgehead atoms. The lowest BCUT2D eigenvalue weighted by molar-refractivity contribution is 0.107. The van der Waals surface area contributed by atoms with Crippen molar-refractivity contribution >= 4 is 27.5 Å². The minimum Gasteiger partial charge on any atom is -0.508 e. The van der Waals surface area contributed by atoms with E-state index in [9.17, 15) is 14.6 Å². The Morgan fingerprint density at radius 3 is 2.83 bits per heavy atom. The molecule has 3 aliphatic heterocycles. The second kappa shape index (κ2) is 9.78. The maximum atomic E-state index is 16.4. The molecule has 40 heavy (non-hydrogen) atoms. The average Bonchev–Trinajstić information content (AvgIpc) is 3.66. The molecule has 0 saturated carbocycles. The molecule has 0 spiro atoms. The van der Waals surface area contributed by atoms with Crippen LogP contribution in [0.2, 0.25) is 0 Å². The number of alkyl halides is 1. The minimum atomic E-state index is -0.889. The van der Waals surface area contributed by atoms with Gasteiger partial charge in [0.2, 0.25) is 0 Å². The molecule has 2 aromatic heterocycles. The summed E-state index contributed by atoms with van der Waals surface area (Å²) in [5.74, 6) is -0.0242. The molecule has 0 aliphatic carbocycles. The molecule has 2 aromatic carbocycles. The van der Waals surface area contributed by atoms with Gasteiger partial charge in [0.1, 0.15) is 35.6 Å². The number of ether oxygens (including phenoxy) is 1. The third kappa shape index (κ3) is 4.21. The summed E-state index contributed by atoms with van der Waals surface area (Å²) in [4.78, 5) is 17.9. The van der Waals surface area contributed by atoms with Gasteiger partial charge in [0.05, 0.1) is 10.9 Å². The van der Waals surface area contributed by atoms with E-state index < -0.39 is 17.5 Å². The minimum absolute atomic E-state index is 0.0117. The number of benzene rings is 2. The number of pyridine rings is 1. The highest BCUT2D eigenvalue weighted by Gasteiger charge is 2.49.